The number of aromatic nitrogens is 2. The molecule has 0 aliphatic carbocycles. The van der Waals surface area contributed by atoms with Gasteiger partial charge in [0.25, 0.3) is 15.9 Å². The molecule has 1 N–H and O–H groups in total. The van der Waals surface area contributed by atoms with E-state index in [1.54, 1.807) is 18.5 Å². The van der Waals surface area contributed by atoms with E-state index in [2.05, 4.69) is 10.3 Å². The van der Waals surface area contributed by atoms with Gasteiger partial charge in [-0.15, -0.1) is 11.3 Å². The molecule has 2 aromatic rings. The number of rotatable bonds is 7. The Morgan fingerprint density at radius 3 is 2.63 bits per heavy atom. The van der Waals surface area contributed by atoms with Crippen LogP contribution in [0.4, 0.5) is 0 Å². The van der Waals surface area contributed by atoms with Gasteiger partial charge in [-0.1, -0.05) is 6.07 Å². The summed E-state index contributed by atoms with van der Waals surface area (Å²) in [6, 6.07) is 3.81. The fourth-order valence-corrected chi connectivity index (χ4v) is 5.31. The molecule has 0 aromatic carbocycles. The molecule has 1 unspecified atom stereocenters. The highest BCUT2D eigenvalue weighted by atomic mass is 32.2. The van der Waals surface area contributed by atoms with Gasteiger partial charge in [-0.05, 0) is 38.1 Å². The monoisotopic (exact) mass is 454 g/mol. The van der Waals surface area contributed by atoms with Crippen molar-refractivity contribution in [3.05, 3.63) is 34.4 Å². The maximum atomic E-state index is 12.7. The summed E-state index contributed by atoms with van der Waals surface area (Å²) in [5, 5.41) is 4.68. The Kier molecular flexibility index (Phi) is 6.94. The molecule has 1 fully saturated rings. The van der Waals surface area contributed by atoms with E-state index in [9.17, 15) is 18.0 Å². The van der Waals surface area contributed by atoms with Crippen molar-refractivity contribution in [1.29, 1.82) is 0 Å². The van der Waals surface area contributed by atoms with E-state index in [1.165, 1.54) is 28.8 Å². The first-order valence-electron chi connectivity index (χ1n) is 9.69. The number of hydrogen-bond donors (Lipinski definition) is 1. The molecule has 30 heavy (non-hydrogen) atoms. The summed E-state index contributed by atoms with van der Waals surface area (Å²) in [6.07, 6.45) is 1.26. The van der Waals surface area contributed by atoms with Gasteiger partial charge in [-0.25, -0.2) is 13.4 Å². The molecule has 1 saturated heterocycles. The van der Waals surface area contributed by atoms with E-state index >= 15 is 0 Å². The van der Waals surface area contributed by atoms with Gasteiger partial charge in [0.05, 0.1) is 12.5 Å². The zero-order chi connectivity index (χ0) is 21.9. The highest BCUT2D eigenvalue weighted by molar-refractivity contribution is 7.89. The van der Waals surface area contributed by atoms with E-state index in [4.69, 9.17) is 4.74 Å². The highest BCUT2D eigenvalue weighted by Gasteiger charge is 2.35. The normalized spacial score (nSPS) is 16.9. The Labute approximate surface area is 180 Å². The first kappa shape index (κ1) is 22.4. The van der Waals surface area contributed by atoms with Crippen LogP contribution >= 0.6 is 11.3 Å². The second kappa shape index (κ2) is 9.27. The highest BCUT2D eigenvalue weighted by Crippen LogP contribution is 2.24. The Hall–Kier alpha value is -2.24. The van der Waals surface area contributed by atoms with Gasteiger partial charge in [-0.2, -0.15) is 4.31 Å². The number of aryl methyl sites for hydroxylation is 2. The van der Waals surface area contributed by atoms with Crippen LogP contribution in [0.25, 0.3) is 0 Å². The number of ether oxygens (including phenoxy) is 1. The number of hydrogen-bond acceptors (Lipinski definition) is 7. The zero-order valence-electron chi connectivity index (χ0n) is 17.2. The predicted molar refractivity (Wildman–Crippen MR) is 111 cm³/mol. The Morgan fingerprint density at radius 1 is 1.37 bits per heavy atom. The summed E-state index contributed by atoms with van der Waals surface area (Å²) in [5.41, 5.74) is 0. The summed E-state index contributed by atoms with van der Waals surface area (Å²) >= 11 is 1.53. The van der Waals surface area contributed by atoms with E-state index in [0.29, 0.717) is 25.2 Å². The van der Waals surface area contributed by atoms with E-state index in [-0.39, 0.29) is 24.0 Å². The first-order valence-corrected chi connectivity index (χ1v) is 12.0. The van der Waals surface area contributed by atoms with Crippen LogP contribution in [0.1, 0.15) is 30.5 Å². The number of carbonyl (C=O) groups excluding carboxylic acids is 2. The van der Waals surface area contributed by atoms with Crippen LogP contribution in [-0.2, 0) is 37.9 Å². The second-order valence-corrected chi connectivity index (χ2v) is 10.2. The number of amides is 1. The number of sulfonamides is 1. The number of nitrogens with zero attached hydrogens (tertiary/aromatic N) is 3. The van der Waals surface area contributed by atoms with Crippen LogP contribution in [0.2, 0.25) is 0 Å². The molecule has 0 spiro atoms. The van der Waals surface area contributed by atoms with Gasteiger partial charge >= 0.3 is 5.97 Å². The molecule has 9 nitrogen and oxygen atoms in total. The van der Waals surface area contributed by atoms with Gasteiger partial charge in [-0.3, -0.25) is 9.59 Å². The van der Waals surface area contributed by atoms with Crippen molar-refractivity contribution in [3.63, 3.8) is 0 Å². The molecule has 1 aliphatic rings. The molecule has 11 heteroatoms. The number of nitrogens with one attached hydrogen (secondary N) is 1. The minimum Gasteiger partial charge on any atom is -0.452 e. The molecule has 0 saturated carbocycles. The molecule has 164 valence electrons. The van der Waals surface area contributed by atoms with Crippen molar-refractivity contribution in [2.24, 2.45) is 13.0 Å². The molecule has 3 heterocycles. The van der Waals surface area contributed by atoms with Crippen LogP contribution in [0.3, 0.4) is 0 Å². The third kappa shape index (κ3) is 5.08. The average molecular weight is 455 g/mol. The SMILES string of the molecule is Cc1nc(S(=O)(=O)N2CCC(C(=O)OC(C)C(=O)NCc3cccs3)CC2)cn1C. The van der Waals surface area contributed by atoms with Crippen molar-refractivity contribution in [1.82, 2.24) is 19.2 Å². The van der Waals surface area contributed by atoms with Crippen LogP contribution in [0.5, 0.6) is 0 Å². The third-order valence-corrected chi connectivity index (χ3v) is 7.80. The van der Waals surface area contributed by atoms with Crippen LogP contribution in [0.15, 0.2) is 28.7 Å². The minimum atomic E-state index is -3.69. The van der Waals surface area contributed by atoms with E-state index < -0.39 is 28.0 Å². The number of carbonyl (C=O) groups is 2. The summed E-state index contributed by atoms with van der Waals surface area (Å²) < 4.78 is 33.8. The Balaban J connectivity index is 1.49. The molecule has 3 rings (SSSR count). The van der Waals surface area contributed by atoms with Crippen LogP contribution in [0, 0.1) is 12.8 Å². The van der Waals surface area contributed by atoms with Crippen molar-refractivity contribution < 1.29 is 22.7 Å². The maximum Gasteiger partial charge on any atom is 0.309 e. The maximum absolute atomic E-state index is 12.7. The average Bonchev–Trinajstić information content (AvgIpc) is 3.36. The molecular weight excluding hydrogens is 428 g/mol. The van der Waals surface area contributed by atoms with Crippen molar-refractivity contribution in [2.45, 2.75) is 44.4 Å². The fourth-order valence-electron chi connectivity index (χ4n) is 3.17. The van der Waals surface area contributed by atoms with Crippen LogP contribution < -0.4 is 5.32 Å². The zero-order valence-corrected chi connectivity index (χ0v) is 18.8. The lowest BCUT2D eigenvalue weighted by Crippen LogP contribution is -2.42. The molecule has 1 amide bonds. The van der Waals surface area contributed by atoms with Crippen molar-refractivity contribution in [3.8, 4) is 0 Å². The van der Waals surface area contributed by atoms with E-state index in [0.717, 1.165) is 4.88 Å². The number of piperidine rings is 1. The molecule has 0 radical (unpaired) electrons. The number of imidazole rings is 1. The standard InChI is InChI=1S/C19H26N4O5S2/c1-13(18(24)20-11-16-5-4-10-29-16)28-19(25)15-6-8-23(9-7-15)30(26,27)17-12-22(3)14(2)21-17/h4-5,10,12-13,15H,6-9,11H2,1-3H3,(H,20,24). The topological polar surface area (TPSA) is 111 Å². The number of thiophene rings is 1. The lowest BCUT2D eigenvalue weighted by molar-refractivity contribution is -0.159. The second-order valence-electron chi connectivity index (χ2n) is 7.29. The van der Waals surface area contributed by atoms with Gasteiger partial charge in [0.1, 0.15) is 5.82 Å². The third-order valence-electron chi connectivity index (χ3n) is 5.16. The Bertz CT molecular complexity index is 973. The largest absolute Gasteiger partial charge is 0.452 e. The summed E-state index contributed by atoms with van der Waals surface area (Å²) in [5.74, 6) is -0.658. The molecule has 1 aliphatic heterocycles. The quantitative estimate of drug-likeness (QED) is 0.634. The predicted octanol–water partition coefficient (Wildman–Crippen LogP) is 1.44. The Morgan fingerprint density at radius 2 is 2.07 bits per heavy atom. The van der Waals surface area contributed by atoms with Gasteiger partial charge < -0.3 is 14.6 Å². The fraction of sp³-hybridized carbons (Fsp3) is 0.526. The van der Waals surface area contributed by atoms with Crippen LogP contribution in [-0.4, -0.2) is 53.3 Å². The van der Waals surface area contributed by atoms with Crippen molar-refractivity contribution >= 4 is 33.2 Å². The molecular formula is C19H26N4O5S2. The summed E-state index contributed by atoms with van der Waals surface area (Å²) in [4.78, 5) is 29.7. The lowest BCUT2D eigenvalue weighted by Gasteiger charge is -2.30. The van der Waals surface area contributed by atoms with Gasteiger partial charge in [0.15, 0.2) is 11.1 Å². The lowest BCUT2D eigenvalue weighted by atomic mass is 9.98. The van der Waals surface area contributed by atoms with E-state index in [1.807, 2.05) is 17.5 Å². The molecule has 2 aromatic heterocycles. The number of esters is 1. The summed E-state index contributed by atoms with van der Waals surface area (Å²) in [6.45, 7) is 4.07. The smallest absolute Gasteiger partial charge is 0.309 e. The molecule has 1 atom stereocenters. The van der Waals surface area contributed by atoms with Gasteiger partial charge in [0, 0.05) is 31.2 Å². The van der Waals surface area contributed by atoms with Crippen molar-refractivity contribution in [2.75, 3.05) is 13.1 Å². The van der Waals surface area contributed by atoms with Gasteiger partial charge in [0.2, 0.25) is 0 Å². The molecule has 0 bridgehead atoms. The minimum absolute atomic E-state index is 0.0135. The summed E-state index contributed by atoms with van der Waals surface area (Å²) in [7, 11) is -1.95. The first-order chi connectivity index (χ1) is 14.2.